The number of nitrogens with two attached hydrogens (primary N) is 1. The first-order valence-electron chi connectivity index (χ1n) is 8.71. The van der Waals surface area contributed by atoms with Gasteiger partial charge >= 0.3 is 5.97 Å². The van der Waals surface area contributed by atoms with Crippen LogP contribution >= 0.6 is 0 Å². The molecule has 2 amide bonds. The number of aryl methyl sites for hydroxylation is 1. The summed E-state index contributed by atoms with van der Waals surface area (Å²) >= 11 is 0. The molecule has 0 saturated carbocycles. The fourth-order valence-corrected chi connectivity index (χ4v) is 2.60. The van der Waals surface area contributed by atoms with Gasteiger partial charge in [0.05, 0.1) is 5.39 Å². The van der Waals surface area contributed by atoms with Crippen molar-refractivity contribution in [3.05, 3.63) is 75.6 Å². The molecule has 0 aliphatic rings. The monoisotopic (exact) mass is 394 g/mol. The second-order valence-corrected chi connectivity index (χ2v) is 6.45. The van der Waals surface area contributed by atoms with Gasteiger partial charge < -0.3 is 20.2 Å². The lowest BCUT2D eigenvalue weighted by molar-refractivity contribution is -0.123. The zero-order valence-electron chi connectivity index (χ0n) is 15.7. The van der Waals surface area contributed by atoms with Crippen LogP contribution in [0, 0.1) is 6.92 Å². The SMILES string of the molecule is Cc1ccc2oc(C(=O)O[C@@H](C)C(=O)Nc3ccc(C(N)=O)cc3)cc(=O)c2c1. The molecule has 2 aromatic carbocycles. The van der Waals surface area contributed by atoms with Crippen LogP contribution in [0.15, 0.2) is 57.7 Å². The third-order valence-corrected chi connectivity index (χ3v) is 4.17. The van der Waals surface area contributed by atoms with Gasteiger partial charge in [-0.15, -0.1) is 0 Å². The van der Waals surface area contributed by atoms with Gasteiger partial charge in [-0.1, -0.05) is 11.6 Å². The topological polar surface area (TPSA) is 129 Å². The number of nitrogens with one attached hydrogen (secondary N) is 1. The number of ether oxygens (including phenoxy) is 1. The molecule has 0 fully saturated rings. The molecule has 0 saturated heterocycles. The summed E-state index contributed by atoms with van der Waals surface area (Å²) in [6, 6.07) is 12.0. The number of esters is 1. The average molecular weight is 394 g/mol. The van der Waals surface area contributed by atoms with Crippen molar-refractivity contribution in [1.82, 2.24) is 0 Å². The minimum absolute atomic E-state index is 0.252. The number of fused-ring (bicyclic) bond motifs is 1. The quantitative estimate of drug-likeness (QED) is 0.639. The zero-order chi connectivity index (χ0) is 21.1. The molecule has 3 rings (SSSR count). The predicted octanol–water partition coefficient (Wildman–Crippen LogP) is 2.38. The summed E-state index contributed by atoms with van der Waals surface area (Å²) in [7, 11) is 0. The van der Waals surface area contributed by atoms with E-state index >= 15 is 0 Å². The van der Waals surface area contributed by atoms with E-state index in [0.29, 0.717) is 16.6 Å². The van der Waals surface area contributed by atoms with E-state index in [1.165, 1.54) is 31.2 Å². The normalized spacial score (nSPS) is 11.7. The summed E-state index contributed by atoms with van der Waals surface area (Å²) in [5.74, 6) is -2.41. The molecule has 3 N–H and O–H groups in total. The highest BCUT2D eigenvalue weighted by Gasteiger charge is 2.21. The summed E-state index contributed by atoms with van der Waals surface area (Å²) < 4.78 is 10.5. The van der Waals surface area contributed by atoms with Gasteiger partial charge in [-0.3, -0.25) is 14.4 Å². The molecular weight excluding hydrogens is 376 g/mol. The van der Waals surface area contributed by atoms with E-state index < -0.39 is 23.9 Å². The number of primary amides is 1. The number of amides is 2. The van der Waals surface area contributed by atoms with E-state index in [9.17, 15) is 19.2 Å². The maximum atomic E-state index is 12.3. The largest absolute Gasteiger partial charge is 0.449 e. The smallest absolute Gasteiger partial charge is 0.375 e. The van der Waals surface area contributed by atoms with Crippen LogP contribution in [0.1, 0.15) is 33.4 Å². The molecule has 0 aliphatic carbocycles. The van der Waals surface area contributed by atoms with Crippen LogP contribution in [0.3, 0.4) is 0 Å². The summed E-state index contributed by atoms with van der Waals surface area (Å²) in [5.41, 5.74) is 6.61. The van der Waals surface area contributed by atoms with Crippen molar-refractivity contribution < 1.29 is 23.5 Å². The van der Waals surface area contributed by atoms with E-state index in [0.717, 1.165) is 11.6 Å². The molecule has 0 aliphatic heterocycles. The van der Waals surface area contributed by atoms with Crippen LogP contribution in [0.2, 0.25) is 0 Å². The van der Waals surface area contributed by atoms with Gasteiger partial charge in [-0.05, 0) is 50.2 Å². The van der Waals surface area contributed by atoms with Crippen molar-refractivity contribution in [2.45, 2.75) is 20.0 Å². The highest BCUT2D eigenvalue weighted by atomic mass is 16.6. The maximum Gasteiger partial charge on any atom is 0.375 e. The number of hydrogen-bond donors (Lipinski definition) is 2. The Kier molecular flexibility index (Phi) is 5.45. The number of carbonyl (C=O) groups excluding carboxylic acids is 3. The van der Waals surface area contributed by atoms with Gasteiger partial charge in [0.1, 0.15) is 5.58 Å². The second-order valence-electron chi connectivity index (χ2n) is 6.45. The Morgan fingerprint density at radius 2 is 1.76 bits per heavy atom. The van der Waals surface area contributed by atoms with Crippen molar-refractivity contribution in [2.24, 2.45) is 5.73 Å². The van der Waals surface area contributed by atoms with Crippen molar-refractivity contribution in [1.29, 1.82) is 0 Å². The van der Waals surface area contributed by atoms with E-state index in [1.54, 1.807) is 18.2 Å². The van der Waals surface area contributed by atoms with E-state index in [1.807, 2.05) is 6.92 Å². The van der Waals surface area contributed by atoms with Gasteiger partial charge in [0.25, 0.3) is 5.91 Å². The third-order valence-electron chi connectivity index (χ3n) is 4.17. The lowest BCUT2D eigenvalue weighted by Crippen LogP contribution is -2.30. The van der Waals surface area contributed by atoms with Gasteiger partial charge in [-0.25, -0.2) is 4.79 Å². The zero-order valence-corrected chi connectivity index (χ0v) is 15.7. The van der Waals surface area contributed by atoms with Crippen molar-refractivity contribution in [3.8, 4) is 0 Å². The minimum Gasteiger partial charge on any atom is -0.449 e. The number of benzene rings is 2. The Balaban J connectivity index is 1.70. The molecule has 8 nitrogen and oxygen atoms in total. The van der Waals surface area contributed by atoms with Crippen molar-refractivity contribution >= 4 is 34.4 Å². The first-order chi connectivity index (χ1) is 13.7. The van der Waals surface area contributed by atoms with E-state index in [4.69, 9.17) is 14.9 Å². The van der Waals surface area contributed by atoms with Gasteiger partial charge in [0.15, 0.2) is 11.5 Å². The molecular formula is C21H18N2O6. The lowest BCUT2D eigenvalue weighted by atomic mass is 10.1. The predicted molar refractivity (Wildman–Crippen MR) is 106 cm³/mol. The van der Waals surface area contributed by atoms with Crippen LogP contribution in [0.25, 0.3) is 11.0 Å². The summed E-state index contributed by atoms with van der Waals surface area (Å²) in [6.07, 6.45) is -1.16. The molecule has 1 aromatic heterocycles. The number of anilines is 1. The van der Waals surface area contributed by atoms with Gasteiger partial charge in [0, 0.05) is 17.3 Å². The molecule has 8 heteroatoms. The van der Waals surface area contributed by atoms with Crippen LogP contribution in [0.4, 0.5) is 5.69 Å². The molecule has 0 radical (unpaired) electrons. The van der Waals surface area contributed by atoms with E-state index in [2.05, 4.69) is 5.32 Å². The molecule has 1 atom stereocenters. The Morgan fingerprint density at radius 3 is 2.41 bits per heavy atom. The average Bonchev–Trinajstić information content (AvgIpc) is 2.68. The Hall–Kier alpha value is -3.94. The third kappa shape index (κ3) is 4.49. The van der Waals surface area contributed by atoms with Gasteiger partial charge in [-0.2, -0.15) is 0 Å². The van der Waals surface area contributed by atoms with Crippen molar-refractivity contribution in [2.75, 3.05) is 5.32 Å². The fraction of sp³-hybridized carbons (Fsp3) is 0.143. The summed E-state index contributed by atoms with van der Waals surface area (Å²) in [6.45, 7) is 3.22. The number of carbonyl (C=O) groups is 3. The van der Waals surface area contributed by atoms with Crippen LogP contribution in [-0.2, 0) is 9.53 Å². The van der Waals surface area contributed by atoms with Crippen LogP contribution < -0.4 is 16.5 Å². The molecule has 29 heavy (non-hydrogen) atoms. The Bertz CT molecular complexity index is 1160. The standard InChI is InChI=1S/C21H18N2O6/c1-11-3-8-17-15(9-11)16(24)10-18(29-17)21(27)28-12(2)20(26)23-14-6-4-13(5-7-14)19(22)25/h3-10,12H,1-2H3,(H2,22,25)(H,23,26)/t12-/m0/s1. The van der Waals surface area contributed by atoms with Crippen LogP contribution in [-0.4, -0.2) is 23.9 Å². The maximum absolute atomic E-state index is 12.3. The minimum atomic E-state index is -1.16. The second kappa shape index (κ2) is 7.97. The molecule has 0 spiro atoms. The molecule has 3 aromatic rings. The number of rotatable bonds is 5. The fourth-order valence-electron chi connectivity index (χ4n) is 2.60. The number of hydrogen-bond acceptors (Lipinski definition) is 6. The van der Waals surface area contributed by atoms with Crippen LogP contribution in [0.5, 0.6) is 0 Å². The van der Waals surface area contributed by atoms with Crippen molar-refractivity contribution in [3.63, 3.8) is 0 Å². The molecule has 148 valence electrons. The molecule has 1 heterocycles. The molecule has 0 unspecified atom stereocenters. The summed E-state index contributed by atoms with van der Waals surface area (Å²) in [5, 5.41) is 2.90. The van der Waals surface area contributed by atoms with Gasteiger partial charge in [0.2, 0.25) is 11.7 Å². The highest BCUT2D eigenvalue weighted by Crippen LogP contribution is 2.16. The lowest BCUT2D eigenvalue weighted by Gasteiger charge is -2.13. The molecule has 0 bridgehead atoms. The first-order valence-corrected chi connectivity index (χ1v) is 8.71. The Labute approximate surface area is 165 Å². The highest BCUT2D eigenvalue weighted by molar-refractivity contribution is 5.98. The van der Waals surface area contributed by atoms with E-state index in [-0.39, 0.29) is 16.8 Å². The Morgan fingerprint density at radius 1 is 1.07 bits per heavy atom. The first kappa shape index (κ1) is 19.8. The summed E-state index contributed by atoms with van der Waals surface area (Å²) in [4.78, 5) is 47.8.